The fourth-order valence-corrected chi connectivity index (χ4v) is 1.86. The van der Waals surface area contributed by atoms with Crippen LogP contribution in [0.3, 0.4) is 0 Å². The topological polar surface area (TPSA) is 108 Å². The Labute approximate surface area is 120 Å². The highest BCUT2D eigenvalue weighted by Gasteiger charge is 2.50. The average molecular weight is 308 g/mol. The Morgan fingerprint density at radius 3 is 2.05 bits per heavy atom. The Bertz CT molecular complexity index is 410. The molecule has 0 aliphatic carbocycles. The van der Waals surface area contributed by atoms with Crippen LogP contribution < -0.4 is 0 Å². The molecule has 1 heterocycles. The van der Waals surface area contributed by atoms with Crippen molar-refractivity contribution in [1.82, 2.24) is 0 Å². The first-order chi connectivity index (χ1) is 9.72. The monoisotopic (exact) mass is 308 g/mol. The van der Waals surface area contributed by atoms with Crippen LogP contribution in [0.5, 0.6) is 0 Å². The largest absolute Gasteiger partial charge is 0.463 e. The van der Waals surface area contributed by atoms with Crippen LogP contribution in [-0.2, 0) is 33.3 Å². The molecular weight excluding hydrogens is 291 g/mol. The summed E-state index contributed by atoms with van der Waals surface area (Å²) >= 11 is 0. The molecule has 1 aliphatic heterocycles. The van der Waals surface area contributed by atoms with Gasteiger partial charge in [-0.2, -0.15) is 0 Å². The molecule has 1 aliphatic rings. The van der Waals surface area contributed by atoms with Crippen molar-refractivity contribution in [2.75, 3.05) is 6.61 Å². The van der Waals surface area contributed by atoms with Gasteiger partial charge in [-0.25, -0.2) is 4.39 Å². The first-order valence-electron chi connectivity index (χ1n) is 6.17. The molecule has 0 saturated carbocycles. The number of aliphatic hydroxyl groups is 1. The van der Waals surface area contributed by atoms with E-state index < -0.39 is 55.3 Å². The molecular formula is C12H17FO8. The van der Waals surface area contributed by atoms with E-state index in [2.05, 4.69) is 9.47 Å². The Hall–Kier alpha value is -1.74. The number of aliphatic hydroxyl groups excluding tert-OH is 1. The van der Waals surface area contributed by atoms with Crippen LogP contribution in [0.15, 0.2) is 0 Å². The van der Waals surface area contributed by atoms with Crippen molar-refractivity contribution in [2.45, 2.75) is 51.5 Å². The zero-order chi connectivity index (χ0) is 16.2. The summed E-state index contributed by atoms with van der Waals surface area (Å²) in [4.78, 5) is 32.7. The van der Waals surface area contributed by atoms with E-state index in [9.17, 15) is 23.9 Å². The minimum absolute atomic E-state index is 0.419. The summed E-state index contributed by atoms with van der Waals surface area (Å²) in [6, 6.07) is 0. The molecule has 120 valence electrons. The van der Waals surface area contributed by atoms with Crippen molar-refractivity contribution in [3.05, 3.63) is 0 Å². The standard InChI is InChI=1S/C12H17FO8/c1-5(14)18-4-8-10(19-6(2)15)9(13)11(12(17)21-8)20-7(3)16/h8-12,17H,4H2,1-3H3/t8?,9?,10-,11?,12-/m0/s1. The van der Waals surface area contributed by atoms with Crippen LogP contribution in [0.2, 0.25) is 0 Å². The maximum Gasteiger partial charge on any atom is 0.303 e. The van der Waals surface area contributed by atoms with Gasteiger partial charge in [-0.3, -0.25) is 14.4 Å². The molecule has 3 unspecified atom stereocenters. The molecule has 8 nitrogen and oxygen atoms in total. The molecule has 0 aromatic heterocycles. The minimum Gasteiger partial charge on any atom is -0.463 e. The van der Waals surface area contributed by atoms with Crippen LogP contribution >= 0.6 is 0 Å². The molecule has 9 heteroatoms. The lowest BCUT2D eigenvalue weighted by molar-refractivity contribution is -0.283. The summed E-state index contributed by atoms with van der Waals surface area (Å²) < 4.78 is 33.4. The number of carbonyl (C=O) groups is 3. The van der Waals surface area contributed by atoms with Gasteiger partial charge in [0.25, 0.3) is 0 Å². The van der Waals surface area contributed by atoms with Gasteiger partial charge < -0.3 is 24.1 Å². The first kappa shape index (κ1) is 17.3. The molecule has 0 radical (unpaired) electrons. The molecule has 0 aromatic rings. The van der Waals surface area contributed by atoms with Crippen molar-refractivity contribution in [1.29, 1.82) is 0 Å². The summed E-state index contributed by atoms with van der Waals surface area (Å²) in [6.07, 6.45) is -8.12. The van der Waals surface area contributed by atoms with Crippen molar-refractivity contribution in [2.24, 2.45) is 0 Å². The van der Waals surface area contributed by atoms with E-state index >= 15 is 0 Å². The molecule has 0 amide bonds. The van der Waals surface area contributed by atoms with Crippen LogP contribution in [-0.4, -0.2) is 60.4 Å². The summed E-state index contributed by atoms with van der Waals surface area (Å²) in [6.45, 7) is 2.80. The second-order valence-electron chi connectivity index (χ2n) is 4.46. The first-order valence-corrected chi connectivity index (χ1v) is 6.17. The van der Waals surface area contributed by atoms with Gasteiger partial charge in [0.05, 0.1) is 0 Å². The maximum atomic E-state index is 14.3. The number of rotatable bonds is 4. The predicted octanol–water partition coefficient (Wildman–Crippen LogP) is -0.532. The number of carbonyl (C=O) groups excluding carboxylic acids is 3. The second kappa shape index (κ2) is 7.32. The quantitative estimate of drug-likeness (QED) is 0.545. The van der Waals surface area contributed by atoms with Crippen molar-refractivity contribution < 1.29 is 42.8 Å². The molecule has 0 spiro atoms. The van der Waals surface area contributed by atoms with E-state index in [4.69, 9.17) is 9.47 Å². The van der Waals surface area contributed by atoms with Crippen LogP contribution in [0, 0.1) is 0 Å². The number of hydrogen-bond donors (Lipinski definition) is 1. The minimum atomic E-state index is -2.03. The third-order valence-corrected chi connectivity index (χ3v) is 2.64. The van der Waals surface area contributed by atoms with E-state index in [1.54, 1.807) is 0 Å². The number of halogens is 1. The number of hydrogen-bond acceptors (Lipinski definition) is 8. The molecule has 0 bridgehead atoms. The molecule has 1 saturated heterocycles. The summed E-state index contributed by atoms with van der Waals surface area (Å²) in [5, 5.41) is 9.66. The van der Waals surface area contributed by atoms with Crippen LogP contribution in [0.25, 0.3) is 0 Å². The summed E-state index contributed by atoms with van der Waals surface area (Å²) in [5.74, 6) is -2.27. The SMILES string of the molecule is CC(=O)OCC1O[C@H](O)C(OC(C)=O)C(F)[C@H]1OC(C)=O. The van der Waals surface area contributed by atoms with Gasteiger partial charge in [-0.1, -0.05) is 0 Å². The third kappa shape index (κ3) is 4.94. The Morgan fingerprint density at radius 1 is 1.05 bits per heavy atom. The van der Waals surface area contributed by atoms with E-state index in [-0.39, 0.29) is 0 Å². The lowest BCUT2D eigenvalue weighted by Gasteiger charge is -2.39. The normalized spacial score (nSPS) is 32.1. The van der Waals surface area contributed by atoms with E-state index in [0.717, 1.165) is 20.8 Å². The third-order valence-electron chi connectivity index (χ3n) is 2.64. The Kier molecular flexibility index (Phi) is 6.03. The number of ether oxygens (including phenoxy) is 4. The van der Waals surface area contributed by atoms with Crippen molar-refractivity contribution in [3.8, 4) is 0 Å². The van der Waals surface area contributed by atoms with E-state index in [1.807, 2.05) is 0 Å². The molecule has 0 aromatic carbocycles. The van der Waals surface area contributed by atoms with Gasteiger partial charge in [0, 0.05) is 20.8 Å². The second-order valence-corrected chi connectivity index (χ2v) is 4.46. The van der Waals surface area contributed by atoms with Crippen LogP contribution in [0.4, 0.5) is 4.39 Å². The van der Waals surface area contributed by atoms with Gasteiger partial charge in [-0.15, -0.1) is 0 Å². The lowest BCUT2D eigenvalue weighted by Crippen LogP contribution is -2.59. The number of alkyl halides is 1. The number of esters is 3. The van der Waals surface area contributed by atoms with Crippen molar-refractivity contribution in [3.63, 3.8) is 0 Å². The van der Waals surface area contributed by atoms with Crippen molar-refractivity contribution >= 4 is 17.9 Å². The maximum absolute atomic E-state index is 14.3. The average Bonchev–Trinajstić information content (AvgIpc) is 2.35. The fraction of sp³-hybridized carbons (Fsp3) is 0.750. The Morgan fingerprint density at radius 2 is 1.57 bits per heavy atom. The van der Waals surface area contributed by atoms with Gasteiger partial charge >= 0.3 is 17.9 Å². The van der Waals surface area contributed by atoms with Crippen LogP contribution in [0.1, 0.15) is 20.8 Å². The molecule has 21 heavy (non-hydrogen) atoms. The van der Waals surface area contributed by atoms with E-state index in [0.29, 0.717) is 0 Å². The highest BCUT2D eigenvalue weighted by Crippen LogP contribution is 2.27. The highest BCUT2D eigenvalue weighted by molar-refractivity contribution is 5.67. The molecule has 1 fully saturated rings. The zero-order valence-electron chi connectivity index (χ0n) is 11.8. The smallest absolute Gasteiger partial charge is 0.303 e. The summed E-state index contributed by atoms with van der Waals surface area (Å²) in [7, 11) is 0. The van der Waals surface area contributed by atoms with Gasteiger partial charge in [0.1, 0.15) is 12.7 Å². The fourth-order valence-electron chi connectivity index (χ4n) is 1.86. The Balaban J connectivity index is 2.86. The summed E-state index contributed by atoms with van der Waals surface area (Å²) in [5.41, 5.74) is 0. The van der Waals surface area contributed by atoms with Gasteiger partial charge in [0.2, 0.25) is 0 Å². The van der Waals surface area contributed by atoms with Gasteiger partial charge in [0.15, 0.2) is 24.7 Å². The molecule has 5 atom stereocenters. The molecule has 1 rings (SSSR count). The zero-order valence-corrected chi connectivity index (χ0v) is 11.8. The van der Waals surface area contributed by atoms with Gasteiger partial charge in [-0.05, 0) is 0 Å². The lowest BCUT2D eigenvalue weighted by atomic mass is 10.00. The van der Waals surface area contributed by atoms with E-state index in [1.165, 1.54) is 0 Å². The molecule has 1 N–H and O–H groups in total. The highest BCUT2D eigenvalue weighted by atomic mass is 19.1. The predicted molar refractivity (Wildman–Crippen MR) is 63.5 cm³/mol.